The number of phenolic OH excluding ortho intramolecular Hbond substituents is 1. The van der Waals surface area contributed by atoms with E-state index in [1.54, 1.807) is 19.1 Å². The number of nitrogen functional groups attached to an aromatic ring is 1. The minimum atomic E-state index is -4.78. The first-order chi connectivity index (χ1) is 14.3. The first-order valence-corrected chi connectivity index (χ1v) is 11.4. The minimum absolute atomic E-state index is 0.116. The van der Waals surface area contributed by atoms with Gasteiger partial charge in [-0.25, -0.2) is 0 Å². The molecule has 0 atom stereocenters. The Hall–Kier alpha value is -3.26. The molecular weight excluding hydrogens is 450 g/mol. The molecule has 0 bridgehead atoms. The maximum atomic E-state index is 11.8. The van der Waals surface area contributed by atoms with Crippen molar-refractivity contribution in [1.29, 1.82) is 0 Å². The van der Waals surface area contributed by atoms with Gasteiger partial charge in [0.15, 0.2) is 0 Å². The molecule has 13 heteroatoms. The summed E-state index contributed by atoms with van der Waals surface area (Å²) in [6, 6.07) is 7.14. The Balaban J connectivity index is 2.17. The summed E-state index contributed by atoms with van der Waals surface area (Å²) < 4.78 is 70.5. The first-order valence-electron chi connectivity index (χ1n) is 8.53. The standard InChI is InChI=1S/C18H19N3O8S2/c1-9-5-12(19)16(29-2)8-14(9)21-20-13-3-4-17(31(26,27)28)11-6-10(30(23,24)25)7-15(22)18(11)13/h3-8,20-22H,19H2,1-2H3,(H,23,24,25)(H,26,27,28). The van der Waals surface area contributed by atoms with Gasteiger partial charge in [-0.15, -0.1) is 0 Å². The number of ether oxygens (including phenoxy) is 1. The van der Waals surface area contributed by atoms with Gasteiger partial charge in [0.25, 0.3) is 20.2 Å². The van der Waals surface area contributed by atoms with Crippen LogP contribution >= 0.6 is 0 Å². The molecule has 0 amide bonds. The van der Waals surface area contributed by atoms with Gasteiger partial charge >= 0.3 is 0 Å². The van der Waals surface area contributed by atoms with Crippen molar-refractivity contribution in [3.63, 3.8) is 0 Å². The van der Waals surface area contributed by atoms with Gasteiger partial charge in [0.05, 0.1) is 29.1 Å². The SMILES string of the molecule is COc1cc(NNc2ccc(S(=O)(=O)O)c3cc(S(=O)(=O)O)cc(O)c23)c(C)cc1N. The highest BCUT2D eigenvalue weighted by molar-refractivity contribution is 7.86. The smallest absolute Gasteiger partial charge is 0.295 e. The number of nitrogens with two attached hydrogens (primary N) is 1. The van der Waals surface area contributed by atoms with Crippen molar-refractivity contribution in [2.45, 2.75) is 16.7 Å². The molecule has 0 saturated heterocycles. The number of hydrogen-bond donors (Lipinski definition) is 6. The number of aromatic hydroxyl groups is 1. The minimum Gasteiger partial charge on any atom is -0.507 e. The third kappa shape index (κ3) is 4.44. The molecule has 31 heavy (non-hydrogen) atoms. The predicted molar refractivity (Wildman–Crippen MR) is 115 cm³/mol. The summed E-state index contributed by atoms with van der Waals surface area (Å²) in [4.78, 5) is -1.40. The van der Waals surface area contributed by atoms with Crippen molar-refractivity contribution in [2.24, 2.45) is 0 Å². The average molecular weight is 469 g/mol. The van der Waals surface area contributed by atoms with E-state index >= 15 is 0 Å². The Bertz CT molecular complexity index is 1400. The van der Waals surface area contributed by atoms with Crippen LogP contribution in [0.3, 0.4) is 0 Å². The van der Waals surface area contributed by atoms with Crippen molar-refractivity contribution in [1.82, 2.24) is 0 Å². The Labute approximate surface area is 177 Å². The summed E-state index contributed by atoms with van der Waals surface area (Å²) in [6.07, 6.45) is 0. The summed E-state index contributed by atoms with van der Waals surface area (Å²) in [5.74, 6) is -0.242. The molecule has 3 aromatic rings. The Morgan fingerprint density at radius 1 is 0.935 bits per heavy atom. The van der Waals surface area contributed by atoms with Crippen LogP contribution in [-0.2, 0) is 20.2 Å². The largest absolute Gasteiger partial charge is 0.507 e. The van der Waals surface area contributed by atoms with E-state index in [0.29, 0.717) is 17.1 Å². The Morgan fingerprint density at radius 2 is 1.58 bits per heavy atom. The van der Waals surface area contributed by atoms with Crippen molar-refractivity contribution in [3.05, 3.63) is 42.0 Å². The topological polar surface area (TPSA) is 188 Å². The van der Waals surface area contributed by atoms with Gasteiger partial charge in [-0.3, -0.25) is 9.11 Å². The first kappa shape index (κ1) is 22.4. The molecule has 0 radical (unpaired) electrons. The number of benzene rings is 3. The fourth-order valence-corrected chi connectivity index (χ4v) is 4.25. The summed E-state index contributed by atoms with van der Waals surface area (Å²) in [7, 11) is -8.09. The third-order valence-electron chi connectivity index (χ3n) is 4.51. The molecule has 0 heterocycles. The van der Waals surface area contributed by atoms with Crippen LogP contribution in [-0.4, -0.2) is 38.2 Å². The van der Waals surface area contributed by atoms with E-state index in [9.17, 15) is 31.0 Å². The van der Waals surface area contributed by atoms with E-state index < -0.39 is 35.8 Å². The molecule has 0 aliphatic heterocycles. The predicted octanol–water partition coefficient (Wildman–Crippen LogP) is 2.38. The summed E-state index contributed by atoms with van der Waals surface area (Å²) in [5.41, 5.74) is 13.4. The Kier molecular flexibility index (Phi) is 5.62. The second-order valence-corrected chi connectivity index (χ2v) is 9.40. The second-order valence-electron chi connectivity index (χ2n) is 6.59. The molecule has 0 fully saturated rings. The summed E-state index contributed by atoms with van der Waals surface area (Å²) in [6.45, 7) is 1.77. The molecule has 7 N–H and O–H groups in total. The zero-order valence-electron chi connectivity index (χ0n) is 16.2. The zero-order valence-corrected chi connectivity index (χ0v) is 17.9. The fourth-order valence-electron chi connectivity index (χ4n) is 3.05. The van der Waals surface area contributed by atoms with Crippen molar-refractivity contribution in [3.8, 4) is 11.5 Å². The van der Waals surface area contributed by atoms with Gasteiger partial charge in [-0.1, -0.05) is 0 Å². The number of nitrogens with one attached hydrogen (secondary N) is 2. The number of methoxy groups -OCH3 is 1. The third-order valence-corrected chi connectivity index (χ3v) is 6.25. The van der Waals surface area contributed by atoms with Gasteiger partial charge < -0.3 is 26.4 Å². The van der Waals surface area contributed by atoms with Crippen LogP contribution < -0.4 is 21.3 Å². The van der Waals surface area contributed by atoms with Crippen LogP contribution in [0.15, 0.2) is 46.2 Å². The maximum Gasteiger partial charge on any atom is 0.295 e. The number of rotatable bonds is 6. The molecule has 0 aromatic heterocycles. The lowest BCUT2D eigenvalue weighted by Crippen LogP contribution is -2.12. The molecule has 166 valence electrons. The quantitative estimate of drug-likeness (QED) is 0.177. The van der Waals surface area contributed by atoms with Crippen LogP contribution in [0.5, 0.6) is 11.5 Å². The van der Waals surface area contributed by atoms with E-state index in [2.05, 4.69) is 10.9 Å². The molecule has 0 unspecified atom stereocenters. The van der Waals surface area contributed by atoms with Crippen LogP contribution in [0.2, 0.25) is 0 Å². The van der Waals surface area contributed by atoms with Gasteiger partial charge in [0, 0.05) is 22.9 Å². The lowest BCUT2D eigenvalue weighted by Gasteiger charge is -2.17. The Morgan fingerprint density at radius 3 is 2.16 bits per heavy atom. The molecule has 0 aliphatic carbocycles. The molecule has 0 aliphatic rings. The van der Waals surface area contributed by atoms with Crippen molar-refractivity contribution in [2.75, 3.05) is 23.7 Å². The van der Waals surface area contributed by atoms with Crippen LogP contribution in [0.25, 0.3) is 10.8 Å². The van der Waals surface area contributed by atoms with E-state index in [1.807, 2.05) is 0 Å². The molecular formula is C18H19N3O8S2. The molecule has 3 aromatic carbocycles. The zero-order chi connectivity index (χ0) is 23.1. The number of hydrazine groups is 1. The maximum absolute atomic E-state index is 11.8. The average Bonchev–Trinajstić information content (AvgIpc) is 2.65. The van der Waals surface area contributed by atoms with E-state index in [0.717, 1.165) is 23.8 Å². The van der Waals surface area contributed by atoms with Gasteiger partial charge in [0.1, 0.15) is 16.4 Å². The number of fused-ring (bicyclic) bond motifs is 1. The molecule has 0 saturated carbocycles. The lowest BCUT2D eigenvalue weighted by atomic mass is 10.1. The van der Waals surface area contributed by atoms with Crippen molar-refractivity contribution >= 4 is 48.1 Å². The highest BCUT2D eigenvalue weighted by Gasteiger charge is 2.22. The van der Waals surface area contributed by atoms with Crippen molar-refractivity contribution < 1.29 is 35.8 Å². The number of hydrogen-bond acceptors (Lipinski definition) is 9. The highest BCUT2D eigenvalue weighted by Crippen LogP contribution is 2.38. The van der Waals surface area contributed by atoms with E-state index in [4.69, 9.17) is 10.5 Å². The highest BCUT2D eigenvalue weighted by atomic mass is 32.2. The van der Waals surface area contributed by atoms with Crippen LogP contribution in [0, 0.1) is 6.92 Å². The number of anilines is 3. The molecule has 0 spiro atoms. The lowest BCUT2D eigenvalue weighted by molar-refractivity contribution is 0.417. The van der Waals surface area contributed by atoms with Crippen LogP contribution in [0.1, 0.15) is 5.56 Å². The van der Waals surface area contributed by atoms with Gasteiger partial charge in [-0.2, -0.15) is 16.8 Å². The monoisotopic (exact) mass is 469 g/mol. The normalized spacial score (nSPS) is 12.0. The van der Waals surface area contributed by atoms with E-state index in [1.165, 1.54) is 13.2 Å². The fraction of sp³-hybridized carbons (Fsp3) is 0.111. The van der Waals surface area contributed by atoms with Gasteiger partial charge in [-0.05, 0) is 36.8 Å². The summed E-state index contributed by atoms with van der Waals surface area (Å²) in [5, 5.41) is 9.96. The number of aryl methyl sites for hydroxylation is 1. The molecule has 3 rings (SSSR count). The molecule has 11 nitrogen and oxygen atoms in total. The second kappa shape index (κ2) is 7.77. The van der Waals surface area contributed by atoms with E-state index in [-0.39, 0.29) is 16.5 Å². The van der Waals surface area contributed by atoms with Crippen LogP contribution in [0.4, 0.5) is 17.1 Å². The summed E-state index contributed by atoms with van der Waals surface area (Å²) >= 11 is 0. The van der Waals surface area contributed by atoms with Gasteiger partial charge in [0.2, 0.25) is 0 Å². The number of phenols is 1.